The molecule has 0 amide bonds. The number of carbonyl (C=O) groups is 1. The minimum atomic E-state index is -0.665. The molecule has 0 N–H and O–H groups in total. The van der Waals surface area contributed by atoms with E-state index in [2.05, 4.69) is 18.6 Å². The van der Waals surface area contributed by atoms with E-state index in [1.165, 1.54) is 19.2 Å². The highest BCUT2D eigenvalue weighted by Gasteiger charge is 2.12. The van der Waals surface area contributed by atoms with Gasteiger partial charge < -0.3 is 9.47 Å². The monoisotopic (exact) mass is 268 g/mol. The summed E-state index contributed by atoms with van der Waals surface area (Å²) in [4.78, 5) is 11.2. The van der Waals surface area contributed by atoms with Crippen LogP contribution < -0.4 is 0 Å². The van der Waals surface area contributed by atoms with Crippen LogP contribution in [-0.2, 0) is 16.1 Å². The number of carbonyl (C=O) groups excluding carboxylic acids is 1. The zero-order chi connectivity index (χ0) is 14.3. The number of benzene rings is 1. The van der Waals surface area contributed by atoms with Gasteiger partial charge >= 0.3 is 5.97 Å². The van der Waals surface area contributed by atoms with Crippen molar-refractivity contribution in [1.29, 1.82) is 0 Å². The third-order valence-electron chi connectivity index (χ3n) is 2.78. The Labute approximate surface area is 113 Å². The number of esters is 1. The van der Waals surface area contributed by atoms with E-state index in [0.29, 0.717) is 19.1 Å². The Hall–Kier alpha value is -1.42. The van der Waals surface area contributed by atoms with Gasteiger partial charge in [-0.3, -0.25) is 0 Å². The maximum Gasteiger partial charge on any atom is 0.340 e. The lowest BCUT2D eigenvalue weighted by atomic mass is 10.1. The summed E-state index contributed by atoms with van der Waals surface area (Å²) >= 11 is 0. The van der Waals surface area contributed by atoms with E-state index in [-0.39, 0.29) is 5.56 Å². The molecule has 106 valence electrons. The standard InChI is InChI=1S/C15H21FO3/c1-11(2)5-4-8-19-10-12-6-7-13(14(16)9-12)15(17)18-3/h6-7,9,11H,4-5,8,10H2,1-3H3. The van der Waals surface area contributed by atoms with Crippen molar-refractivity contribution in [2.45, 2.75) is 33.3 Å². The first-order chi connectivity index (χ1) is 9.04. The normalized spacial score (nSPS) is 10.8. The van der Waals surface area contributed by atoms with Crippen molar-refractivity contribution in [2.24, 2.45) is 5.92 Å². The van der Waals surface area contributed by atoms with Gasteiger partial charge in [-0.1, -0.05) is 19.9 Å². The molecule has 0 unspecified atom stereocenters. The number of halogens is 1. The van der Waals surface area contributed by atoms with Gasteiger partial charge in [0.25, 0.3) is 0 Å². The van der Waals surface area contributed by atoms with Gasteiger partial charge in [0.15, 0.2) is 0 Å². The van der Waals surface area contributed by atoms with Gasteiger partial charge in [-0.15, -0.1) is 0 Å². The van der Waals surface area contributed by atoms with E-state index < -0.39 is 11.8 Å². The molecule has 0 aliphatic heterocycles. The van der Waals surface area contributed by atoms with Crippen LogP contribution in [0.4, 0.5) is 4.39 Å². The fourth-order valence-corrected chi connectivity index (χ4v) is 1.71. The molecule has 1 rings (SSSR count). The Bertz CT molecular complexity index is 416. The Balaban J connectivity index is 2.43. The summed E-state index contributed by atoms with van der Waals surface area (Å²) in [6.07, 6.45) is 2.12. The zero-order valence-electron chi connectivity index (χ0n) is 11.7. The molecule has 0 saturated heterocycles. The third kappa shape index (κ3) is 5.39. The molecule has 0 aromatic heterocycles. The average molecular weight is 268 g/mol. The first-order valence-electron chi connectivity index (χ1n) is 6.49. The van der Waals surface area contributed by atoms with E-state index >= 15 is 0 Å². The van der Waals surface area contributed by atoms with Crippen LogP contribution in [0, 0.1) is 11.7 Å². The highest BCUT2D eigenvalue weighted by molar-refractivity contribution is 5.89. The fraction of sp³-hybridized carbons (Fsp3) is 0.533. The predicted molar refractivity (Wildman–Crippen MR) is 71.5 cm³/mol. The SMILES string of the molecule is COC(=O)c1ccc(COCCCC(C)C)cc1F. The summed E-state index contributed by atoms with van der Waals surface area (Å²) in [5, 5.41) is 0. The quantitative estimate of drug-likeness (QED) is 0.560. The molecule has 0 radical (unpaired) electrons. The largest absolute Gasteiger partial charge is 0.465 e. The van der Waals surface area contributed by atoms with Gasteiger partial charge in [-0.05, 0) is 36.5 Å². The summed E-state index contributed by atoms with van der Waals surface area (Å²) in [5.41, 5.74) is 0.667. The molecular formula is C15H21FO3. The van der Waals surface area contributed by atoms with Crippen molar-refractivity contribution in [3.63, 3.8) is 0 Å². The Kier molecular flexibility index (Phi) is 6.50. The van der Waals surface area contributed by atoms with Crippen LogP contribution in [0.1, 0.15) is 42.6 Å². The van der Waals surface area contributed by atoms with Gasteiger partial charge in [-0.25, -0.2) is 9.18 Å². The molecule has 0 saturated carbocycles. The maximum atomic E-state index is 13.6. The van der Waals surface area contributed by atoms with E-state index in [4.69, 9.17) is 4.74 Å². The highest BCUT2D eigenvalue weighted by atomic mass is 19.1. The van der Waals surface area contributed by atoms with E-state index in [1.807, 2.05) is 0 Å². The molecule has 4 heteroatoms. The molecule has 1 aromatic rings. The number of rotatable bonds is 7. The Morgan fingerprint density at radius 2 is 2.11 bits per heavy atom. The molecule has 1 aromatic carbocycles. The van der Waals surface area contributed by atoms with Crippen LogP contribution in [0.3, 0.4) is 0 Å². The molecule has 0 aliphatic rings. The molecule has 0 fully saturated rings. The summed E-state index contributed by atoms with van der Waals surface area (Å²) < 4.78 is 23.6. The summed E-state index contributed by atoms with van der Waals surface area (Å²) in [6, 6.07) is 4.42. The number of methoxy groups -OCH3 is 1. The lowest BCUT2D eigenvalue weighted by Crippen LogP contribution is -2.05. The minimum Gasteiger partial charge on any atom is -0.465 e. The second kappa shape index (κ2) is 7.89. The summed E-state index contributed by atoms with van der Waals surface area (Å²) in [7, 11) is 1.23. The highest BCUT2D eigenvalue weighted by Crippen LogP contribution is 2.13. The summed E-state index contributed by atoms with van der Waals surface area (Å²) in [5.74, 6) is -0.572. The van der Waals surface area contributed by atoms with Crippen LogP contribution >= 0.6 is 0 Å². The lowest BCUT2D eigenvalue weighted by Gasteiger charge is -2.07. The van der Waals surface area contributed by atoms with Crippen LogP contribution in [0.25, 0.3) is 0 Å². The van der Waals surface area contributed by atoms with Crippen molar-refractivity contribution < 1.29 is 18.7 Å². The Morgan fingerprint density at radius 1 is 1.37 bits per heavy atom. The first kappa shape index (κ1) is 15.6. The third-order valence-corrected chi connectivity index (χ3v) is 2.78. The molecule has 19 heavy (non-hydrogen) atoms. The van der Waals surface area contributed by atoms with E-state index in [1.54, 1.807) is 6.07 Å². The lowest BCUT2D eigenvalue weighted by molar-refractivity contribution is 0.0595. The van der Waals surface area contributed by atoms with Crippen molar-refractivity contribution in [3.8, 4) is 0 Å². The molecular weight excluding hydrogens is 247 g/mol. The number of hydrogen-bond acceptors (Lipinski definition) is 3. The second-order valence-corrected chi connectivity index (χ2v) is 4.89. The van der Waals surface area contributed by atoms with Gasteiger partial charge in [-0.2, -0.15) is 0 Å². The van der Waals surface area contributed by atoms with Crippen molar-refractivity contribution in [1.82, 2.24) is 0 Å². The zero-order valence-corrected chi connectivity index (χ0v) is 11.7. The molecule has 0 heterocycles. The van der Waals surface area contributed by atoms with Gasteiger partial charge in [0.1, 0.15) is 5.82 Å². The van der Waals surface area contributed by atoms with Crippen LogP contribution in [-0.4, -0.2) is 19.7 Å². The Morgan fingerprint density at radius 3 is 2.68 bits per heavy atom. The van der Waals surface area contributed by atoms with Crippen LogP contribution in [0.15, 0.2) is 18.2 Å². The number of ether oxygens (including phenoxy) is 2. The number of hydrogen-bond donors (Lipinski definition) is 0. The maximum absolute atomic E-state index is 13.6. The first-order valence-corrected chi connectivity index (χ1v) is 6.49. The molecule has 0 bridgehead atoms. The molecule has 0 spiro atoms. The van der Waals surface area contributed by atoms with Crippen LogP contribution in [0.2, 0.25) is 0 Å². The topological polar surface area (TPSA) is 35.5 Å². The van der Waals surface area contributed by atoms with Crippen molar-refractivity contribution >= 4 is 5.97 Å². The minimum absolute atomic E-state index is 0.0499. The van der Waals surface area contributed by atoms with E-state index in [9.17, 15) is 9.18 Å². The van der Waals surface area contributed by atoms with E-state index in [0.717, 1.165) is 18.4 Å². The predicted octanol–water partition coefficient (Wildman–Crippen LogP) is 3.57. The average Bonchev–Trinajstić information content (AvgIpc) is 2.37. The van der Waals surface area contributed by atoms with Crippen LogP contribution in [0.5, 0.6) is 0 Å². The molecule has 3 nitrogen and oxygen atoms in total. The smallest absolute Gasteiger partial charge is 0.340 e. The fourth-order valence-electron chi connectivity index (χ4n) is 1.71. The summed E-state index contributed by atoms with van der Waals surface area (Å²) in [6.45, 7) is 5.36. The second-order valence-electron chi connectivity index (χ2n) is 4.89. The molecule has 0 atom stereocenters. The van der Waals surface area contributed by atoms with Gasteiger partial charge in [0, 0.05) is 6.61 Å². The molecule has 0 aliphatic carbocycles. The van der Waals surface area contributed by atoms with Crippen molar-refractivity contribution in [3.05, 3.63) is 35.1 Å². The van der Waals surface area contributed by atoms with Gasteiger partial charge in [0.05, 0.1) is 19.3 Å². The van der Waals surface area contributed by atoms with Gasteiger partial charge in [0.2, 0.25) is 0 Å². The van der Waals surface area contributed by atoms with Crippen molar-refractivity contribution in [2.75, 3.05) is 13.7 Å².